The van der Waals surface area contributed by atoms with Crippen LogP contribution in [0.3, 0.4) is 0 Å². The molecule has 1 atom stereocenters. The third kappa shape index (κ3) is 5.49. The van der Waals surface area contributed by atoms with Crippen LogP contribution >= 0.6 is 11.3 Å². The van der Waals surface area contributed by atoms with Gasteiger partial charge in [-0.2, -0.15) is 0 Å². The second-order valence-electron chi connectivity index (χ2n) is 5.53. The summed E-state index contributed by atoms with van der Waals surface area (Å²) in [5.41, 5.74) is 0.892. The normalized spacial score (nSPS) is 11.8. The molecule has 0 bridgehead atoms. The maximum atomic E-state index is 12.1. The minimum absolute atomic E-state index is 0.119. The second-order valence-corrected chi connectivity index (χ2v) is 6.50. The number of methoxy groups -OCH3 is 1. The molecule has 0 radical (unpaired) electrons. The number of aromatic nitrogens is 2. The Morgan fingerprint density at radius 3 is 2.79 bits per heavy atom. The molecule has 0 saturated heterocycles. The Morgan fingerprint density at radius 2 is 2.08 bits per heavy atom. The molecule has 2 rings (SSSR count). The van der Waals surface area contributed by atoms with Crippen LogP contribution in [-0.4, -0.2) is 29.3 Å². The predicted octanol–water partition coefficient (Wildman–Crippen LogP) is 3.72. The number of ether oxygens (including phenoxy) is 1. The number of benzene rings is 1. The zero-order valence-corrected chi connectivity index (χ0v) is 15.2. The molecule has 7 heteroatoms. The molecule has 0 fully saturated rings. The van der Waals surface area contributed by atoms with Crippen molar-refractivity contribution in [2.45, 2.75) is 45.6 Å². The first-order chi connectivity index (χ1) is 11.6. The van der Waals surface area contributed by atoms with E-state index in [1.165, 1.54) is 11.3 Å². The van der Waals surface area contributed by atoms with E-state index >= 15 is 0 Å². The molecular weight excluding hydrogens is 324 g/mol. The number of nitrogens with one attached hydrogen (secondary N) is 2. The lowest BCUT2D eigenvalue weighted by Gasteiger charge is -2.13. The van der Waals surface area contributed by atoms with Gasteiger partial charge in [-0.15, -0.1) is 10.2 Å². The highest BCUT2D eigenvalue weighted by atomic mass is 32.1. The molecule has 1 amide bonds. The maximum absolute atomic E-state index is 12.1. The molecule has 0 aliphatic rings. The Kier molecular flexibility index (Phi) is 6.99. The third-order valence-electron chi connectivity index (χ3n) is 3.63. The summed E-state index contributed by atoms with van der Waals surface area (Å²) < 4.78 is 5.17. The minimum atomic E-state index is -0.119. The zero-order valence-electron chi connectivity index (χ0n) is 14.3. The third-order valence-corrected chi connectivity index (χ3v) is 4.40. The van der Waals surface area contributed by atoms with Gasteiger partial charge in [-0.25, -0.2) is 0 Å². The number of carbonyl (C=O) groups excluding carboxylic acids is 1. The number of nitrogens with zero attached hydrogens (tertiary/aromatic N) is 2. The van der Waals surface area contributed by atoms with E-state index in [2.05, 4.69) is 34.7 Å². The molecule has 1 aromatic heterocycles. The standard InChI is InChI=1S/C17H24N4O2S/c1-4-7-13(5-2)18-16-20-21-17(24-16)19-15(22)11-12-8-6-9-14(10-12)23-3/h6,8-10,13H,4-5,7,11H2,1-3H3,(H,18,20)(H,19,21,22). The molecule has 2 aromatic rings. The van der Waals surface area contributed by atoms with Crippen molar-refractivity contribution in [3.63, 3.8) is 0 Å². The van der Waals surface area contributed by atoms with Crippen molar-refractivity contribution in [1.82, 2.24) is 10.2 Å². The number of amides is 1. The van der Waals surface area contributed by atoms with Crippen molar-refractivity contribution in [1.29, 1.82) is 0 Å². The first kappa shape index (κ1) is 18.2. The summed E-state index contributed by atoms with van der Waals surface area (Å²) in [5, 5.41) is 15.5. The van der Waals surface area contributed by atoms with E-state index in [-0.39, 0.29) is 12.3 Å². The Morgan fingerprint density at radius 1 is 1.29 bits per heavy atom. The van der Waals surface area contributed by atoms with Gasteiger partial charge in [0.1, 0.15) is 5.75 Å². The highest BCUT2D eigenvalue weighted by molar-refractivity contribution is 7.19. The zero-order chi connectivity index (χ0) is 17.4. The van der Waals surface area contributed by atoms with Gasteiger partial charge in [0.25, 0.3) is 0 Å². The lowest BCUT2D eigenvalue weighted by molar-refractivity contribution is -0.115. The SMILES string of the molecule is CCCC(CC)Nc1nnc(NC(=O)Cc2cccc(OC)c2)s1. The molecule has 1 aromatic carbocycles. The van der Waals surface area contributed by atoms with Crippen molar-refractivity contribution in [2.24, 2.45) is 0 Å². The van der Waals surface area contributed by atoms with Crippen molar-refractivity contribution >= 4 is 27.5 Å². The number of rotatable bonds is 9. The lowest BCUT2D eigenvalue weighted by atomic mass is 10.1. The summed E-state index contributed by atoms with van der Waals surface area (Å²) in [6, 6.07) is 7.86. The van der Waals surface area contributed by atoms with Gasteiger partial charge in [-0.3, -0.25) is 4.79 Å². The molecule has 2 N–H and O–H groups in total. The number of hydrogen-bond donors (Lipinski definition) is 2. The maximum Gasteiger partial charge on any atom is 0.230 e. The van der Waals surface area contributed by atoms with Crippen molar-refractivity contribution in [3.8, 4) is 5.75 Å². The highest BCUT2D eigenvalue weighted by Gasteiger charge is 2.12. The van der Waals surface area contributed by atoms with Gasteiger partial charge in [-0.1, -0.05) is 43.7 Å². The van der Waals surface area contributed by atoms with Gasteiger partial charge < -0.3 is 15.4 Å². The highest BCUT2D eigenvalue weighted by Crippen LogP contribution is 2.22. The molecule has 1 unspecified atom stereocenters. The Balaban J connectivity index is 1.90. The van der Waals surface area contributed by atoms with Crippen LogP contribution in [0.4, 0.5) is 10.3 Å². The van der Waals surface area contributed by atoms with Crippen LogP contribution in [0, 0.1) is 0 Å². The van der Waals surface area contributed by atoms with Crippen molar-refractivity contribution in [2.75, 3.05) is 17.7 Å². The van der Waals surface area contributed by atoms with Crippen molar-refractivity contribution < 1.29 is 9.53 Å². The van der Waals surface area contributed by atoms with Gasteiger partial charge in [0, 0.05) is 6.04 Å². The Bertz CT molecular complexity index is 660. The number of anilines is 2. The molecule has 6 nitrogen and oxygen atoms in total. The summed E-state index contributed by atoms with van der Waals surface area (Å²) in [5.74, 6) is 0.621. The summed E-state index contributed by atoms with van der Waals surface area (Å²) in [4.78, 5) is 12.1. The summed E-state index contributed by atoms with van der Waals surface area (Å²) in [7, 11) is 1.61. The van der Waals surface area contributed by atoms with Crippen LogP contribution in [0.15, 0.2) is 24.3 Å². The van der Waals surface area contributed by atoms with E-state index in [0.717, 1.165) is 35.7 Å². The van der Waals surface area contributed by atoms with E-state index in [1.807, 2.05) is 24.3 Å². The Labute approximate surface area is 146 Å². The van der Waals surface area contributed by atoms with Gasteiger partial charge in [-0.05, 0) is 30.5 Å². The van der Waals surface area contributed by atoms with Crippen molar-refractivity contribution in [3.05, 3.63) is 29.8 Å². The number of hydrogen-bond acceptors (Lipinski definition) is 6. The molecule has 0 aliphatic heterocycles. The smallest absolute Gasteiger partial charge is 0.230 e. The fraction of sp³-hybridized carbons (Fsp3) is 0.471. The van der Waals surface area contributed by atoms with E-state index < -0.39 is 0 Å². The summed E-state index contributed by atoms with van der Waals surface area (Å²) >= 11 is 1.36. The molecule has 24 heavy (non-hydrogen) atoms. The molecule has 0 aliphatic carbocycles. The topological polar surface area (TPSA) is 76.1 Å². The average molecular weight is 348 g/mol. The van der Waals surface area contributed by atoms with Crippen LogP contribution in [0.1, 0.15) is 38.7 Å². The quantitative estimate of drug-likeness (QED) is 0.722. The van der Waals surface area contributed by atoms with E-state index in [9.17, 15) is 4.79 Å². The summed E-state index contributed by atoms with van der Waals surface area (Å²) in [6.45, 7) is 4.31. The first-order valence-electron chi connectivity index (χ1n) is 8.17. The monoisotopic (exact) mass is 348 g/mol. The summed E-state index contributed by atoms with van der Waals surface area (Å²) in [6.07, 6.45) is 3.51. The first-order valence-corrected chi connectivity index (χ1v) is 8.99. The van der Waals surface area contributed by atoms with Crippen LogP contribution < -0.4 is 15.4 Å². The minimum Gasteiger partial charge on any atom is -0.497 e. The van der Waals surface area contributed by atoms with Crippen LogP contribution in [0.25, 0.3) is 0 Å². The van der Waals surface area contributed by atoms with E-state index in [0.29, 0.717) is 11.2 Å². The average Bonchev–Trinajstić information content (AvgIpc) is 3.01. The largest absolute Gasteiger partial charge is 0.497 e. The Hall–Kier alpha value is -2.15. The van der Waals surface area contributed by atoms with Gasteiger partial charge in [0.15, 0.2) is 0 Å². The molecule has 1 heterocycles. The van der Waals surface area contributed by atoms with Crippen LogP contribution in [0.5, 0.6) is 5.75 Å². The van der Waals surface area contributed by atoms with E-state index in [4.69, 9.17) is 4.74 Å². The fourth-order valence-corrected chi connectivity index (χ4v) is 3.10. The van der Waals surface area contributed by atoms with Crippen LogP contribution in [-0.2, 0) is 11.2 Å². The lowest BCUT2D eigenvalue weighted by Crippen LogP contribution is -2.17. The molecule has 0 saturated carbocycles. The van der Waals surface area contributed by atoms with E-state index in [1.54, 1.807) is 7.11 Å². The fourth-order valence-electron chi connectivity index (χ4n) is 2.36. The molecule has 0 spiro atoms. The molecule has 130 valence electrons. The second kappa shape index (κ2) is 9.22. The molecular formula is C17H24N4O2S. The van der Waals surface area contributed by atoms with Gasteiger partial charge in [0.05, 0.1) is 13.5 Å². The van der Waals surface area contributed by atoms with Crippen LogP contribution in [0.2, 0.25) is 0 Å². The van der Waals surface area contributed by atoms with Gasteiger partial charge in [0.2, 0.25) is 16.2 Å². The predicted molar refractivity (Wildman–Crippen MR) is 97.8 cm³/mol. The number of carbonyl (C=O) groups is 1. The van der Waals surface area contributed by atoms with Gasteiger partial charge >= 0.3 is 0 Å².